The lowest BCUT2D eigenvalue weighted by Crippen LogP contribution is -2.53. The average molecular weight is 311 g/mol. The zero-order valence-corrected chi connectivity index (χ0v) is 14.1. The van der Waals surface area contributed by atoms with Crippen LogP contribution in [0.1, 0.15) is 65.2 Å². The minimum absolute atomic E-state index is 0.0870. The molecule has 1 amide bonds. The number of nitrogens with one attached hydrogen (secondary N) is 3. The third kappa shape index (κ3) is 4.83. The van der Waals surface area contributed by atoms with Gasteiger partial charge in [-0.05, 0) is 43.3 Å². The summed E-state index contributed by atoms with van der Waals surface area (Å²) in [5.41, 5.74) is 5.66. The first-order valence-electron chi connectivity index (χ1n) is 8.44. The molecule has 2 rings (SSSR count). The number of thiocarbonyl (C=S) groups is 1. The highest BCUT2D eigenvalue weighted by Crippen LogP contribution is 2.29. The van der Waals surface area contributed by atoms with Crippen molar-refractivity contribution in [3.8, 4) is 0 Å². The highest BCUT2D eigenvalue weighted by Gasteiger charge is 2.27. The predicted octanol–water partition coefficient (Wildman–Crippen LogP) is 2.89. The second kappa shape index (κ2) is 7.97. The highest BCUT2D eigenvalue weighted by molar-refractivity contribution is 7.80. The fraction of sp³-hybridized carbons (Fsp3) is 0.875. The Morgan fingerprint density at radius 2 is 1.67 bits per heavy atom. The molecule has 0 saturated heterocycles. The van der Waals surface area contributed by atoms with Crippen molar-refractivity contribution in [3.63, 3.8) is 0 Å². The Kier molecular flexibility index (Phi) is 6.27. The maximum atomic E-state index is 12.1. The second-order valence-electron chi connectivity index (χ2n) is 6.80. The van der Waals surface area contributed by atoms with E-state index in [0.29, 0.717) is 17.1 Å². The average Bonchev–Trinajstić information content (AvgIpc) is 2.50. The summed E-state index contributed by atoms with van der Waals surface area (Å²) in [5, 5.41) is 3.91. The fourth-order valence-corrected chi connectivity index (χ4v) is 3.78. The smallest absolute Gasteiger partial charge is 0.241 e. The molecule has 2 fully saturated rings. The number of carbonyl (C=O) groups excluding carboxylic acids is 1. The van der Waals surface area contributed by atoms with Crippen molar-refractivity contribution in [3.05, 3.63) is 0 Å². The Morgan fingerprint density at radius 1 is 0.952 bits per heavy atom. The molecule has 120 valence electrons. The maximum Gasteiger partial charge on any atom is 0.241 e. The molecule has 0 aromatic rings. The topological polar surface area (TPSA) is 53.2 Å². The Bertz CT molecular complexity index is 369. The van der Waals surface area contributed by atoms with E-state index in [4.69, 9.17) is 12.2 Å². The van der Waals surface area contributed by atoms with Crippen LogP contribution in [0.3, 0.4) is 0 Å². The largest absolute Gasteiger partial charge is 0.358 e. The van der Waals surface area contributed by atoms with Crippen LogP contribution < -0.4 is 16.2 Å². The van der Waals surface area contributed by atoms with Gasteiger partial charge >= 0.3 is 0 Å². The van der Waals surface area contributed by atoms with Gasteiger partial charge in [0, 0.05) is 12.0 Å². The summed E-state index contributed by atoms with van der Waals surface area (Å²) in [4.78, 5) is 12.1. The van der Waals surface area contributed by atoms with E-state index in [2.05, 4.69) is 30.0 Å². The molecule has 0 aromatic carbocycles. The Hall–Kier alpha value is -0.840. The first kappa shape index (κ1) is 16.5. The second-order valence-corrected chi connectivity index (χ2v) is 7.20. The van der Waals surface area contributed by atoms with E-state index in [1.54, 1.807) is 0 Å². The van der Waals surface area contributed by atoms with Gasteiger partial charge in [0.05, 0.1) is 0 Å². The zero-order chi connectivity index (χ0) is 15.2. The van der Waals surface area contributed by atoms with Gasteiger partial charge in [0.2, 0.25) is 5.91 Å². The van der Waals surface area contributed by atoms with Crippen LogP contribution in [0.2, 0.25) is 0 Å². The van der Waals surface area contributed by atoms with Crippen LogP contribution in [0.25, 0.3) is 0 Å². The first-order valence-corrected chi connectivity index (χ1v) is 8.85. The molecule has 2 saturated carbocycles. The summed E-state index contributed by atoms with van der Waals surface area (Å²) in [5.74, 6) is 1.59. The molecule has 2 aliphatic carbocycles. The van der Waals surface area contributed by atoms with E-state index >= 15 is 0 Å². The molecule has 0 aliphatic heterocycles. The lowest BCUT2D eigenvalue weighted by atomic mass is 9.78. The monoisotopic (exact) mass is 311 g/mol. The highest BCUT2D eigenvalue weighted by atomic mass is 32.1. The standard InChI is InChI=1S/C16H29N3OS/c1-11-7-6-10-14(12(11)2)17-16(21)19-18-15(20)13-8-4-3-5-9-13/h11-14H,3-10H2,1-2H3,(H,18,20)(H2,17,19,21)/t11-,12+,14+/m0/s1. The third-order valence-electron chi connectivity index (χ3n) is 5.30. The Morgan fingerprint density at radius 3 is 2.38 bits per heavy atom. The van der Waals surface area contributed by atoms with E-state index in [9.17, 15) is 4.79 Å². The summed E-state index contributed by atoms with van der Waals surface area (Å²) in [6.07, 6.45) is 9.31. The molecule has 0 bridgehead atoms. The molecule has 3 N–H and O–H groups in total. The summed E-state index contributed by atoms with van der Waals surface area (Å²) < 4.78 is 0. The van der Waals surface area contributed by atoms with Gasteiger partial charge in [0.25, 0.3) is 0 Å². The molecule has 5 heteroatoms. The Labute approximate surface area is 133 Å². The summed E-state index contributed by atoms with van der Waals surface area (Å²) >= 11 is 5.31. The van der Waals surface area contributed by atoms with Gasteiger partial charge in [0.15, 0.2) is 5.11 Å². The number of carbonyl (C=O) groups is 1. The lowest BCUT2D eigenvalue weighted by molar-refractivity contribution is -0.126. The number of rotatable bonds is 2. The van der Waals surface area contributed by atoms with Crippen LogP contribution in [0.5, 0.6) is 0 Å². The lowest BCUT2D eigenvalue weighted by Gasteiger charge is -2.35. The van der Waals surface area contributed by atoms with Gasteiger partial charge in [-0.1, -0.05) is 46.0 Å². The van der Waals surface area contributed by atoms with Gasteiger partial charge in [-0.15, -0.1) is 0 Å². The van der Waals surface area contributed by atoms with E-state index in [1.807, 2.05) is 0 Å². The van der Waals surface area contributed by atoms with Crippen molar-refractivity contribution in [1.82, 2.24) is 16.2 Å². The zero-order valence-electron chi connectivity index (χ0n) is 13.3. The van der Waals surface area contributed by atoms with Crippen molar-refractivity contribution in [2.24, 2.45) is 17.8 Å². The van der Waals surface area contributed by atoms with Crippen LogP contribution in [-0.2, 0) is 4.79 Å². The van der Waals surface area contributed by atoms with Crippen LogP contribution in [0, 0.1) is 17.8 Å². The molecule has 0 unspecified atom stereocenters. The molecular formula is C16H29N3OS. The van der Waals surface area contributed by atoms with E-state index in [0.717, 1.165) is 38.0 Å². The SMILES string of the molecule is C[C@@H]1[C@@H](C)CCC[C@H]1NC(=S)NNC(=O)C1CCCCC1. The number of hydrogen-bond donors (Lipinski definition) is 3. The van der Waals surface area contributed by atoms with Crippen LogP contribution >= 0.6 is 12.2 Å². The first-order chi connectivity index (χ1) is 10.1. The molecule has 21 heavy (non-hydrogen) atoms. The number of hydrogen-bond acceptors (Lipinski definition) is 2. The van der Waals surface area contributed by atoms with Crippen molar-refractivity contribution in [2.45, 2.75) is 71.3 Å². The Balaban J connectivity index is 1.70. The molecule has 4 nitrogen and oxygen atoms in total. The summed E-state index contributed by atoms with van der Waals surface area (Å²) in [6, 6.07) is 0.417. The van der Waals surface area contributed by atoms with Crippen molar-refractivity contribution >= 4 is 23.2 Å². The van der Waals surface area contributed by atoms with Crippen molar-refractivity contribution in [2.75, 3.05) is 0 Å². The van der Waals surface area contributed by atoms with Crippen LogP contribution in [0.4, 0.5) is 0 Å². The van der Waals surface area contributed by atoms with Gasteiger partial charge in [0.1, 0.15) is 0 Å². The minimum atomic E-state index is 0.0870. The summed E-state index contributed by atoms with van der Waals surface area (Å²) in [7, 11) is 0. The molecule has 0 heterocycles. The van der Waals surface area contributed by atoms with Crippen molar-refractivity contribution in [1.29, 1.82) is 0 Å². The molecule has 3 atom stereocenters. The normalized spacial score (nSPS) is 30.5. The molecule has 0 radical (unpaired) electrons. The minimum Gasteiger partial charge on any atom is -0.358 e. The van der Waals surface area contributed by atoms with E-state index in [1.165, 1.54) is 19.3 Å². The quantitative estimate of drug-likeness (QED) is 0.542. The number of hydrazine groups is 1. The third-order valence-corrected chi connectivity index (χ3v) is 5.52. The van der Waals surface area contributed by atoms with Crippen LogP contribution in [0.15, 0.2) is 0 Å². The molecule has 2 aliphatic rings. The van der Waals surface area contributed by atoms with Gasteiger partial charge in [-0.25, -0.2) is 0 Å². The molecule has 0 aromatic heterocycles. The van der Waals surface area contributed by atoms with Gasteiger partial charge < -0.3 is 5.32 Å². The van der Waals surface area contributed by atoms with Crippen molar-refractivity contribution < 1.29 is 4.79 Å². The van der Waals surface area contributed by atoms with Gasteiger partial charge in [-0.3, -0.25) is 15.6 Å². The molecular weight excluding hydrogens is 282 g/mol. The van der Waals surface area contributed by atoms with E-state index < -0.39 is 0 Å². The fourth-order valence-electron chi connectivity index (χ4n) is 3.58. The number of amides is 1. The van der Waals surface area contributed by atoms with E-state index in [-0.39, 0.29) is 11.8 Å². The van der Waals surface area contributed by atoms with Crippen LogP contribution in [-0.4, -0.2) is 17.1 Å². The van der Waals surface area contributed by atoms with Gasteiger partial charge in [-0.2, -0.15) is 0 Å². The maximum absolute atomic E-state index is 12.1. The molecule has 0 spiro atoms. The summed E-state index contributed by atoms with van der Waals surface area (Å²) in [6.45, 7) is 4.59. The predicted molar refractivity (Wildman–Crippen MR) is 89.6 cm³/mol.